The van der Waals surface area contributed by atoms with Crippen molar-refractivity contribution in [2.75, 3.05) is 0 Å². The standard InChI is InChI=1S/C44H70N2/c1-5-9-13-14-15-16-17-18-19-20-21-22-23-26-36-44(46-42-34-28-32-40(38-42)30-25-11-7-3)43(35-12-8-4)45-41-33-27-31-39(37-41)29-24-10-6-2/h26-28,31-34,36-38H,5-25,29-30,35H2,1-4H3. The first-order valence-corrected chi connectivity index (χ1v) is 19.7. The summed E-state index contributed by atoms with van der Waals surface area (Å²) in [5.74, 6) is 0. The number of hydrogen-bond acceptors (Lipinski definition) is 2. The molecule has 256 valence electrons. The molecule has 2 heteroatoms. The van der Waals surface area contributed by atoms with Crippen LogP contribution in [0.2, 0.25) is 0 Å². The molecule has 2 rings (SSSR count). The topological polar surface area (TPSA) is 24.7 Å². The SMILES string of the molecule is CCCCCCCCCCCCCCC=CC(=Nc1cccc(CCCCC)c1)C(CCCC)=Nc1cccc(CCCCC)c1. The molecule has 0 amide bonds. The minimum atomic E-state index is 0.953. The van der Waals surface area contributed by atoms with Crippen LogP contribution in [0.4, 0.5) is 11.4 Å². The van der Waals surface area contributed by atoms with Crippen LogP contribution < -0.4 is 0 Å². The predicted molar refractivity (Wildman–Crippen MR) is 208 cm³/mol. The fourth-order valence-electron chi connectivity index (χ4n) is 6.10. The van der Waals surface area contributed by atoms with Crippen molar-refractivity contribution in [2.45, 2.75) is 182 Å². The second-order valence-electron chi connectivity index (χ2n) is 13.5. The van der Waals surface area contributed by atoms with Gasteiger partial charge in [-0.1, -0.05) is 161 Å². The smallest absolute Gasteiger partial charge is 0.0848 e. The summed E-state index contributed by atoms with van der Waals surface area (Å²) >= 11 is 0. The van der Waals surface area contributed by atoms with Gasteiger partial charge in [0.2, 0.25) is 0 Å². The van der Waals surface area contributed by atoms with E-state index in [0.29, 0.717) is 0 Å². The van der Waals surface area contributed by atoms with Gasteiger partial charge in [0.15, 0.2) is 0 Å². The number of hydrogen-bond donors (Lipinski definition) is 0. The molecule has 46 heavy (non-hydrogen) atoms. The second kappa shape index (κ2) is 27.6. The lowest BCUT2D eigenvalue weighted by molar-refractivity contribution is 0.545. The van der Waals surface area contributed by atoms with E-state index >= 15 is 0 Å². The van der Waals surface area contributed by atoms with Crippen molar-refractivity contribution < 1.29 is 0 Å². The van der Waals surface area contributed by atoms with Gasteiger partial charge < -0.3 is 0 Å². The van der Waals surface area contributed by atoms with E-state index in [1.54, 1.807) is 0 Å². The average Bonchev–Trinajstić information content (AvgIpc) is 3.07. The summed E-state index contributed by atoms with van der Waals surface area (Å²) in [6, 6.07) is 17.8. The van der Waals surface area contributed by atoms with E-state index in [4.69, 9.17) is 9.98 Å². The van der Waals surface area contributed by atoms with Gasteiger partial charge in [0.25, 0.3) is 0 Å². The summed E-state index contributed by atoms with van der Waals surface area (Å²) in [6.45, 7) is 9.11. The Kier molecular flexibility index (Phi) is 23.8. The summed E-state index contributed by atoms with van der Waals surface area (Å²) in [5.41, 5.74) is 7.06. The van der Waals surface area contributed by atoms with Crippen LogP contribution in [0.15, 0.2) is 70.7 Å². The minimum Gasteiger partial charge on any atom is -0.251 e. The zero-order valence-corrected chi connectivity index (χ0v) is 30.6. The molecule has 2 aromatic carbocycles. The number of aliphatic imine (C=N–C) groups is 2. The quantitative estimate of drug-likeness (QED) is 0.0663. The van der Waals surface area contributed by atoms with Crippen molar-refractivity contribution in [3.05, 3.63) is 71.8 Å². The van der Waals surface area contributed by atoms with Crippen molar-refractivity contribution >= 4 is 22.8 Å². The fraction of sp³-hybridized carbons (Fsp3) is 0.636. The van der Waals surface area contributed by atoms with Gasteiger partial charge in [0.1, 0.15) is 0 Å². The summed E-state index contributed by atoms with van der Waals surface area (Å²) in [7, 11) is 0. The molecule has 2 nitrogen and oxygen atoms in total. The van der Waals surface area contributed by atoms with Crippen molar-refractivity contribution in [3.8, 4) is 0 Å². The van der Waals surface area contributed by atoms with Crippen LogP contribution in [0.25, 0.3) is 0 Å². The normalized spacial score (nSPS) is 12.4. The maximum absolute atomic E-state index is 5.28. The Morgan fingerprint density at radius 1 is 0.500 bits per heavy atom. The second-order valence-corrected chi connectivity index (χ2v) is 13.5. The van der Waals surface area contributed by atoms with Crippen LogP contribution in [0.1, 0.15) is 180 Å². The molecule has 0 fully saturated rings. The van der Waals surface area contributed by atoms with Crippen molar-refractivity contribution in [3.63, 3.8) is 0 Å². The highest BCUT2D eigenvalue weighted by Crippen LogP contribution is 2.22. The molecule has 0 aromatic heterocycles. The Labute approximate surface area is 285 Å². The third-order valence-corrected chi connectivity index (χ3v) is 9.04. The largest absolute Gasteiger partial charge is 0.251 e. The summed E-state index contributed by atoms with van der Waals surface area (Å²) in [5, 5.41) is 0. The first-order chi connectivity index (χ1) is 22.7. The number of aryl methyl sites for hydroxylation is 2. The van der Waals surface area contributed by atoms with Gasteiger partial charge in [-0.15, -0.1) is 0 Å². The highest BCUT2D eigenvalue weighted by Gasteiger charge is 2.09. The Morgan fingerprint density at radius 2 is 0.957 bits per heavy atom. The first kappa shape index (κ1) is 39.7. The molecule has 0 atom stereocenters. The lowest BCUT2D eigenvalue weighted by atomic mass is 10.0. The van der Waals surface area contributed by atoms with Gasteiger partial charge in [0.05, 0.1) is 22.8 Å². The Hall–Kier alpha value is -2.48. The summed E-state index contributed by atoms with van der Waals surface area (Å²) < 4.78 is 0. The molecule has 0 unspecified atom stereocenters. The number of nitrogens with zero attached hydrogens (tertiary/aromatic N) is 2. The molecule has 0 saturated carbocycles. The molecule has 0 bridgehead atoms. The van der Waals surface area contributed by atoms with Crippen LogP contribution in [-0.4, -0.2) is 11.4 Å². The molecular formula is C44H70N2. The van der Waals surface area contributed by atoms with E-state index < -0.39 is 0 Å². The zero-order chi connectivity index (χ0) is 32.9. The Morgan fingerprint density at radius 3 is 1.48 bits per heavy atom. The van der Waals surface area contributed by atoms with Crippen LogP contribution in [0.3, 0.4) is 0 Å². The molecule has 0 radical (unpaired) electrons. The van der Waals surface area contributed by atoms with Crippen molar-refractivity contribution in [2.24, 2.45) is 9.98 Å². The highest BCUT2D eigenvalue weighted by molar-refractivity contribution is 6.47. The van der Waals surface area contributed by atoms with E-state index in [9.17, 15) is 0 Å². The van der Waals surface area contributed by atoms with Crippen LogP contribution in [0.5, 0.6) is 0 Å². The molecule has 2 aromatic rings. The average molecular weight is 627 g/mol. The van der Waals surface area contributed by atoms with Crippen LogP contribution in [0, 0.1) is 0 Å². The molecule has 0 heterocycles. The van der Waals surface area contributed by atoms with Crippen LogP contribution >= 0.6 is 0 Å². The number of benzene rings is 2. The zero-order valence-electron chi connectivity index (χ0n) is 30.6. The lowest BCUT2D eigenvalue weighted by Gasteiger charge is -2.10. The first-order valence-electron chi connectivity index (χ1n) is 19.7. The van der Waals surface area contributed by atoms with Gasteiger partial charge in [-0.25, -0.2) is 4.99 Å². The number of unbranched alkanes of at least 4 members (excludes halogenated alkanes) is 17. The summed E-state index contributed by atoms with van der Waals surface area (Å²) in [4.78, 5) is 10.6. The van der Waals surface area contributed by atoms with Gasteiger partial charge in [0, 0.05) is 0 Å². The third kappa shape index (κ3) is 19.2. The van der Waals surface area contributed by atoms with Gasteiger partial charge in [-0.05, 0) is 92.8 Å². The van der Waals surface area contributed by atoms with E-state index in [1.807, 2.05) is 0 Å². The van der Waals surface area contributed by atoms with Crippen molar-refractivity contribution in [1.29, 1.82) is 0 Å². The number of allylic oxidation sites excluding steroid dienone is 2. The lowest BCUT2D eigenvalue weighted by Crippen LogP contribution is -2.12. The van der Waals surface area contributed by atoms with Gasteiger partial charge in [-0.3, -0.25) is 4.99 Å². The minimum absolute atomic E-state index is 0.953. The maximum atomic E-state index is 5.28. The van der Waals surface area contributed by atoms with Gasteiger partial charge >= 0.3 is 0 Å². The van der Waals surface area contributed by atoms with Crippen LogP contribution in [-0.2, 0) is 12.8 Å². The molecule has 0 saturated heterocycles. The Bertz CT molecular complexity index is 1110. The Balaban J connectivity index is 2.11. The molecular weight excluding hydrogens is 556 g/mol. The monoisotopic (exact) mass is 627 g/mol. The molecule has 0 spiro atoms. The highest BCUT2D eigenvalue weighted by atomic mass is 14.8. The summed E-state index contributed by atoms with van der Waals surface area (Å²) in [6.07, 6.45) is 35.5. The van der Waals surface area contributed by atoms with E-state index in [1.165, 1.54) is 127 Å². The van der Waals surface area contributed by atoms with E-state index in [2.05, 4.69) is 88.4 Å². The molecule has 0 aliphatic rings. The maximum Gasteiger partial charge on any atom is 0.0848 e. The number of rotatable bonds is 28. The fourth-order valence-corrected chi connectivity index (χ4v) is 6.10. The molecule has 0 aliphatic heterocycles. The predicted octanol–water partition coefficient (Wildman–Crippen LogP) is 14.8. The van der Waals surface area contributed by atoms with E-state index in [0.717, 1.165) is 61.3 Å². The third-order valence-electron chi connectivity index (χ3n) is 9.04. The van der Waals surface area contributed by atoms with Gasteiger partial charge in [-0.2, -0.15) is 0 Å². The molecule has 0 aliphatic carbocycles. The van der Waals surface area contributed by atoms with E-state index in [-0.39, 0.29) is 0 Å². The van der Waals surface area contributed by atoms with Crippen molar-refractivity contribution in [1.82, 2.24) is 0 Å². The molecule has 0 N–H and O–H groups in total.